The van der Waals surface area contributed by atoms with Gasteiger partial charge in [0.1, 0.15) is 5.82 Å². The van der Waals surface area contributed by atoms with E-state index in [-0.39, 0.29) is 0 Å². The number of carboxylic acid groups (broad SMARTS) is 1. The minimum absolute atomic E-state index is 0.418. The highest BCUT2D eigenvalue weighted by Crippen LogP contribution is 2.35. The molecule has 1 aromatic heterocycles. The zero-order valence-electron chi connectivity index (χ0n) is 12.2. The molecule has 0 bridgehead atoms. The van der Waals surface area contributed by atoms with Crippen LogP contribution in [0.2, 0.25) is 0 Å². The summed E-state index contributed by atoms with van der Waals surface area (Å²) in [5.41, 5.74) is 1.87. The lowest BCUT2D eigenvalue weighted by atomic mass is 9.90. The van der Waals surface area contributed by atoms with Crippen LogP contribution in [0.15, 0.2) is 24.3 Å². The average molecular weight is 286 g/mol. The molecule has 1 unspecified atom stereocenters. The fraction of sp³-hybridized carbons (Fsp3) is 0.400. The Morgan fingerprint density at radius 3 is 2.81 bits per heavy atom. The van der Waals surface area contributed by atoms with Crippen LogP contribution in [-0.4, -0.2) is 32.4 Å². The number of para-hydroxylation sites is 1. The van der Waals surface area contributed by atoms with Crippen LogP contribution < -0.4 is 4.90 Å². The smallest absolute Gasteiger partial charge is 0.311 e. The van der Waals surface area contributed by atoms with Gasteiger partial charge < -0.3 is 14.6 Å². The number of anilines is 1. The lowest BCUT2D eigenvalue weighted by molar-refractivity contribution is -0.139. The Bertz CT molecular complexity index is 680. The van der Waals surface area contributed by atoms with Crippen molar-refractivity contribution >= 4 is 11.7 Å². The minimum atomic E-state index is -0.753. The number of hydrogen-bond donors (Lipinski definition) is 1. The largest absolute Gasteiger partial charge is 0.481 e. The maximum absolute atomic E-state index is 11.4. The van der Waals surface area contributed by atoms with Gasteiger partial charge in [-0.05, 0) is 25.0 Å². The first kappa shape index (κ1) is 13.6. The van der Waals surface area contributed by atoms with Gasteiger partial charge in [-0.3, -0.25) is 4.79 Å². The number of aromatic nitrogens is 3. The Morgan fingerprint density at radius 2 is 2.14 bits per heavy atom. The number of rotatable bonds is 3. The SMILES string of the molecule is Cc1nnc(CN2CCC(C(=O)O)c3ccccc32)n1C. The molecular formula is C15H18N4O2. The summed E-state index contributed by atoms with van der Waals surface area (Å²) in [6, 6.07) is 7.72. The van der Waals surface area contributed by atoms with Crippen LogP contribution in [0.3, 0.4) is 0 Å². The fourth-order valence-electron chi connectivity index (χ4n) is 2.81. The van der Waals surface area contributed by atoms with Gasteiger partial charge in [0.2, 0.25) is 0 Å². The minimum Gasteiger partial charge on any atom is -0.481 e. The molecule has 6 nitrogen and oxygen atoms in total. The van der Waals surface area contributed by atoms with Crippen molar-refractivity contribution in [2.45, 2.75) is 25.8 Å². The van der Waals surface area contributed by atoms with E-state index in [1.165, 1.54) is 0 Å². The monoisotopic (exact) mass is 286 g/mol. The number of fused-ring (bicyclic) bond motifs is 1. The third kappa shape index (κ3) is 2.37. The third-order valence-electron chi connectivity index (χ3n) is 4.15. The van der Waals surface area contributed by atoms with Crippen molar-refractivity contribution < 1.29 is 9.90 Å². The van der Waals surface area contributed by atoms with Gasteiger partial charge in [-0.15, -0.1) is 10.2 Å². The number of aliphatic carboxylic acids is 1. The van der Waals surface area contributed by atoms with E-state index < -0.39 is 11.9 Å². The fourth-order valence-corrected chi connectivity index (χ4v) is 2.81. The van der Waals surface area contributed by atoms with Crippen LogP contribution in [0, 0.1) is 6.92 Å². The molecule has 2 heterocycles. The summed E-state index contributed by atoms with van der Waals surface area (Å²) in [6.45, 7) is 3.27. The second-order valence-corrected chi connectivity index (χ2v) is 5.38. The first-order chi connectivity index (χ1) is 10.1. The Hall–Kier alpha value is -2.37. The van der Waals surface area contributed by atoms with Crippen LogP contribution >= 0.6 is 0 Å². The average Bonchev–Trinajstić information content (AvgIpc) is 2.79. The summed E-state index contributed by atoms with van der Waals surface area (Å²) in [5, 5.41) is 17.6. The van der Waals surface area contributed by atoms with Gasteiger partial charge in [0.25, 0.3) is 0 Å². The van der Waals surface area contributed by atoms with Gasteiger partial charge in [0.05, 0.1) is 12.5 Å². The van der Waals surface area contributed by atoms with Gasteiger partial charge >= 0.3 is 5.97 Å². The molecule has 0 saturated heterocycles. The lowest BCUT2D eigenvalue weighted by Gasteiger charge is -2.33. The Morgan fingerprint density at radius 1 is 1.38 bits per heavy atom. The Balaban J connectivity index is 1.93. The molecule has 0 spiro atoms. The van der Waals surface area contributed by atoms with Crippen molar-refractivity contribution in [1.29, 1.82) is 0 Å². The maximum atomic E-state index is 11.4. The Kier molecular flexibility index (Phi) is 3.37. The van der Waals surface area contributed by atoms with Crippen LogP contribution in [0.4, 0.5) is 5.69 Å². The highest BCUT2D eigenvalue weighted by Gasteiger charge is 2.30. The second kappa shape index (κ2) is 5.20. The summed E-state index contributed by atoms with van der Waals surface area (Å²) in [4.78, 5) is 13.6. The molecule has 1 atom stereocenters. The van der Waals surface area contributed by atoms with Gasteiger partial charge in [0.15, 0.2) is 5.82 Å². The molecule has 3 rings (SSSR count). The van der Waals surface area contributed by atoms with Gasteiger partial charge in [-0.2, -0.15) is 0 Å². The predicted octanol–water partition coefficient (Wildman–Crippen LogP) is 1.70. The molecule has 0 saturated carbocycles. The van der Waals surface area contributed by atoms with Crippen molar-refractivity contribution in [2.24, 2.45) is 7.05 Å². The van der Waals surface area contributed by atoms with E-state index in [9.17, 15) is 9.90 Å². The van der Waals surface area contributed by atoms with Crippen molar-refractivity contribution in [3.05, 3.63) is 41.5 Å². The molecule has 0 fully saturated rings. The number of benzene rings is 1. The van der Waals surface area contributed by atoms with Gasteiger partial charge in [0, 0.05) is 19.3 Å². The number of nitrogens with zero attached hydrogens (tertiary/aromatic N) is 4. The molecule has 21 heavy (non-hydrogen) atoms. The molecule has 0 aliphatic carbocycles. The molecule has 1 aromatic carbocycles. The molecule has 0 amide bonds. The molecular weight excluding hydrogens is 268 g/mol. The summed E-state index contributed by atoms with van der Waals surface area (Å²) < 4.78 is 1.96. The normalized spacial score (nSPS) is 17.6. The molecule has 6 heteroatoms. The number of carbonyl (C=O) groups is 1. The summed E-state index contributed by atoms with van der Waals surface area (Å²) >= 11 is 0. The van der Waals surface area contributed by atoms with Gasteiger partial charge in [-0.1, -0.05) is 18.2 Å². The number of carboxylic acids is 1. The van der Waals surface area contributed by atoms with Crippen molar-refractivity contribution in [3.8, 4) is 0 Å². The van der Waals surface area contributed by atoms with E-state index in [1.807, 2.05) is 42.8 Å². The summed E-state index contributed by atoms with van der Waals surface area (Å²) in [6.07, 6.45) is 0.614. The van der Waals surface area contributed by atoms with Crippen LogP contribution in [-0.2, 0) is 18.4 Å². The van der Waals surface area contributed by atoms with Crippen molar-refractivity contribution in [3.63, 3.8) is 0 Å². The van der Waals surface area contributed by atoms with Crippen LogP contribution in [0.25, 0.3) is 0 Å². The van der Waals surface area contributed by atoms with Crippen LogP contribution in [0.5, 0.6) is 0 Å². The van der Waals surface area contributed by atoms with E-state index in [0.717, 1.165) is 22.9 Å². The summed E-state index contributed by atoms with van der Waals surface area (Å²) in [7, 11) is 1.95. The number of aryl methyl sites for hydroxylation is 1. The standard InChI is InChI=1S/C15H18N4O2/c1-10-16-17-14(18(10)2)9-19-8-7-12(15(20)21)11-5-3-4-6-13(11)19/h3-6,12H,7-9H2,1-2H3,(H,20,21). The zero-order valence-corrected chi connectivity index (χ0v) is 12.2. The molecule has 1 N–H and O–H groups in total. The van der Waals surface area contributed by atoms with E-state index in [2.05, 4.69) is 15.1 Å². The van der Waals surface area contributed by atoms with E-state index in [4.69, 9.17) is 0 Å². The highest BCUT2D eigenvalue weighted by molar-refractivity contribution is 5.80. The quantitative estimate of drug-likeness (QED) is 0.930. The topological polar surface area (TPSA) is 71.2 Å². The zero-order chi connectivity index (χ0) is 15.0. The molecule has 110 valence electrons. The highest BCUT2D eigenvalue weighted by atomic mass is 16.4. The molecule has 0 radical (unpaired) electrons. The maximum Gasteiger partial charge on any atom is 0.311 e. The summed E-state index contributed by atoms with van der Waals surface area (Å²) in [5.74, 6) is 0.588. The Labute approximate surface area is 123 Å². The number of hydrogen-bond acceptors (Lipinski definition) is 4. The van der Waals surface area contributed by atoms with Gasteiger partial charge in [-0.25, -0.2) is 0 Å². The molecule has 2 aromatic rings. The molecule has 1 aliphatic heterocycles. The van der Waals surface area contributed by atoms with Crippen LogP contribution in [0.1, 0.15) is 29.6 Å². The third-order valence-corrected chi connectivity index (χ3v) is 4.15. The van der Waals surface area contributed by atoms with Crippen molar-refractivity contribution in [2.75, 3.05) is 11.4 Å². The first-order valence-corrected chi connectivity index (χ1v) is 6.99. The first-order valence-electron chi connectivity index (χ1n) is 6.99. The van der Waals surface area contributed by atoms with E-state index >= 15 is 0 Å². The predicted molar refractivity (Wildman–Crippen MR) is 78.2 cm³/mol. The lowest BCUT2D eigenvalue weighted by Crippen LogP contribution is -2.33. The molecule has 1 aliphatic rings. The van der Waals surface area contributed by atoms with E-state index in [0.29, 0.717) is 19.5 Å². The van der Waals surface area contributed by atoms with Crippen molar-refractivity contribution in [1.82, 2.24) is 14.8 Å². The van der Waals surface area contributed by atoms with E-state index in [1.54, 1.807) is 0 Å². The second-order valence-electron chi connectivity index (χ2n) is 5.38.